The fraction of sp³-hybridized carbons (Fsp3) is 0.269. The minimum absolute atomic E-state index is 0. The van der Waals surface area contributed by atoms with Gasteiger partial charge in [0.2, 0.25) is 0 Å². The molecule has 4 aromatic rings. The number of hydrogen-bond acceptors (Lipinski definition) is 3. The lowest BCUT2D eigenvalue weighted by Gasteiger charge is -2.13. The zero-order chi connectivity index (χ0) is 22.7. The van der Waals surface area contributed by atoms with Crippen molar-refractivity contribution in [2.24, 2.45) is 4.99 Å². The van der Waals surface area contributed by atoms with Crippen molar-refractivity contribution in [3.05, 3.63) is 96.8 Å². The van der Waals surface area contributed by atoms with Gasteiger partial charge in [0.1, 0.15) is 0 Å². The molecule has 4 rings (SSSR count). The molecular weight excluding hydrogens is 537 g/mol. The molecule has 2 heterocycles. The van der Waals surface area contributed by atoms with Gasteiger partial charge in [-0.25, -0.2) is 9.98 Å². The van der Waals surface area contributed by atoms with Gasteiger partial charge >= 0.3 is 0 Å². The van der Waals surface area contributed by atoms with Crippen molar-refractivity contribution in [1.29, 1.82) is 0 Å². The van der Waals surface area contributed by atoms with Crippen molar-refractivity contribution < 1.29 is 0 Å². The van der Waals surface area contributed by atoms with Crippen LogP contribution in [0.4, 0.5) is 0 Å². The van der Waals surface area contributed by atoms with Gasteiger partial charge in [0.25, 0.3) is 0 Å². The summed E-state index contributed by atoms with van der Waals surface area (Å²) in [7, 11) is 0. The van der Waals surface area contributed by atoms with Crippen LogP contribution in [-0.2, 0) is 19.6 Å². The highest BCUT2D eigenvalue weighted by atomic mass is 127. The summed E-state index contributed by atoms with van der Waals surface area (Å²) < 4.78 is 4.02. The van der Waals surface area contributed by atoms with E-state index in [1.54, 1.807) is 6.20 Å². The second-order valence-corrected chi connectivity index (χ2v) is 7.83. The number of aliphatic imine (C=N–C) groups is 1. The minimum atomic E-state index is 0. The number of rotatable bonds is 10. The third kappa shape index (κ3) is 7.44. The normalized spacial score (nSPS) is 11.1. The molecule has 0 aliphatic rings. The minimum Gasteiger partial charge on any atom is -0.357 e. The van der Waals surface area contributed by atoms with Gasteiger partial charge in [-0.2, -0.15) is 5.10 Å². The Morgan fingerprint density at radius 1 is 0.971 bits per heavy atom. The topological polar surface area (TPSA) is 72.1 Å². The summed E-state index contributed by atoms with van der Waals surface area (Å²) in [5.41, 5.74) is 4.87. The van der Waals surface area contributed by atoms with Crippen molar-refractivity contribution in [3.63, 3.8) is 0 Å². The van der Waals surface area contributed by atoms with Crippen LogP contribution in [0, 0.1) is 0 Å². The molecule has 2 N–H and O–H groups in total. The first-order valence-corrected chi connectivity index (χ1v) is 11.4. The molecule has 0 saturated heterocycles. The number of guanidine groups is 1. The molecule has 0 atom stereocenters. The highest BCUT2D eigenvalue weighted by molar-refractivity contribution is 14.0. The number of halogens is 1. The van der Waals surface area contributed by atoms with Gasteiger partial charge in [0, 0.05) is 51.0 Å². The van der Waals surface area contributed by atoms with Gasteiger partial charge < -0.3 is 15.2 Å². The highest BCUT2D eigenvalue weighted by Gasteiger charge is 2.06. The largest absolute Gasteiger partial charge is 0.357 e. The Morgan fingerprint density at radius 3 is 2.56 bits per heavy atom. The second-order valence-electron chi connectivity index (χ2n) is 7.83. The smallest absolute Gasteiger partial charge is 0.191 e. The fourth-order valence-corrected chi connectivity index (χ4v) is 3.71. The number of aromatic nitrogens is 4. The van der Waals surface area contributed by atoms with E-state index in [9.17, 15) is 0 Å². The molecule has 2 aromatic heterocycles. The molecule has 0 amide bonds. The monoisotopic (exact) mass is 569 g/mol. The Bertz CT molecular complexity index is 1120. The molecule has 8 heteroatoms. The summed E-state index contributed by atoms with van der Waals surface area (Å²) in [5.74, 6) is 0.837. The van der Waals surface area contributed by atoms with Gasteiger partial charge in [-0.05, 0) is 41.7 Å². The number of hydrogen-bond donors (Lipinski definition) is 2. The average Bonchev–Trinajstić information content (AvgIpc) is 3.55. The molecule has 0 spiro atoms. The van der Waals surface area contributed by atoms with Crippen LogP contribution in [0.1, 0.15) is 24.5 Å². The third-order valence-electron chi connectivity index (χ3n) is 5.37. The van der Waals surface area contributed by atoms with Crippen molar-refractivity contribution in [3.8, 4) is 11.1 Å². The van der Waals surface area contributed by atoms with E-state index in [-0.39, 0.29) is 24.0 Å². The zero-order valence-corrected chi connectivity index (χ0v) is 21.8. The van der Waals surface area contributed by atoms with E-state index in [0.717, 1.165) is 38.6 Å². The van der Waals surface area contributed by atoms with E-state index >= 15 is 0 Å². The predicted molar refractivity (Wildman–Crippen MR) is 148 cm³/mol. The molecule has 2 aromatic carbocycles. The lowest BCUT2D eigenvalue weighted by molar-refractivity contribution is 0.570. The Labute approximate surface area is 218 Å². The van der Waals surface area contributed by atoms with Crippen LogP contribution in [0.2, 0.25) is 0 Å². The van der Waals surface area contributed by atoms with Gasteiger partial charge in [0.15, 0.2) is 5.96 Å². The first-order chi connectivity index (χ1) is 16.3. The van der Waals surface area contributed by atoms with Crippen molar-refractivity contribution in [2.75, 3.05) is 13.1 Å². The number of nitrogens with one attached hydrogen (secondary N) is 2. The number of nitrogens with zero attached hydrogens (tertiary/aromatic N) is 5. The average molecular weight is 569 g/mol. The fourth-order valence-electron chi connectivity index (χ4n) is 3.71. The standard InChI is InChI=1S/C26H31N7.HI/c1-2-28-26(29-13-5-16-33-17-6-14-31-33)30-19-24-7-3-4-8-25(24)23-11-9-22(10-12-23)20-32-18-15-27-21-32;/h3-4,6-12,14-15,17-18,21H,2,5,13,16,19-20H2,1H3,(H2,28,29,30);1H. The second kappa shape index (κ2) is 13.5. The van der Waals surface area contributed by atoms with Crippen LogP contribution >= 0.6 is 24.0 Å². The molecule has 178 valence electrons. The maximum atomic E-state index is 4.83. The van der Waals surface area contributed by atoms with Crippen LogP contribution in [0.5, 0.6) is 0 Å². The lowest BCUT2D eigenvalue weighted by atomic mass is 9.98. The van der Waals surface area contributed by atoms with Crippen LogP contribution < -0.4 is 10.6 Å². The van der Waals surface area contributed by atoms with E-state index in [4.69, 9.17) is 4.99 Å². The molecule has 0 bridgehead atoms. The summed E-state index contributed by atoms with van der Waals surface area (Å²) in [6, 6.07) is 19.2. The Kier molecular flexibility index (Phi) is 10.1. The first-order valence-electron chi connectivity index (χ1n) is 11.4. The molecule has 7 nitrogen and oxygen atoms in total. The van der Waals surface area contributed by atoms with Gasteiger partial charge in [-0.3, -0.25) is 4.68 Å². The van der Waals surface area contributed by atoms with Crippen molar-refractivity contribution >= 4 is 29.9 Å². The summed E-state index contributed by atoms with van der Waals surface area (Å²) >= 11 is 0. The number of aryl methyl sites for hydroxylation is 1. The van der Waals surface area contributed by atoms with Gasteiger partial charge in [-0.15, -0.1) is 24.0 Å². The molecule has 0 aliphatic heterocycles. The molecular formula is C26H32IN7. The number of imidazole rings is 1. The van der Waals surface area contributed by atoms with E-state index in [1.165, 1.54) is 22.3 Å². The molecule has 34 heavy (non-hydrogen) atoms. The Hall–Kier alpha value is -3.14. The third-order valence-corrected chi connectivity index (χ3v) is 5.37. The number of benzene rings is 2. The maximum Gasteiger partial charge on any atom is 0.191 e. The van der Waals surface area contributed by atoms with Crippen LogP contribution in [-0.4, -0.2) is 38.4 Å². The maximum absolute atomic E-state index is 4.83. The van der Waals surface area contributed by atoms with E-state index in [0.29, 0.717) is 6.54 Å². The molecule has 0 fully saturated rings. The van der Waals surface area contributed by atoms with E-state index in [2.05, 4.69) is 80.7 Å². The summed E-state index contributed by atoms with van der Waals surface area (Å²) in [6.45, 7) is 6.07. The highest BCUT2D eigenvalue weighted by Crippen LogP contribution is 2.25. The lowest BCUT2D eigenvalue weighted by Crippen LogP contribution is -2.38. The predicted octanol–water partition coefficient (Wildman–Crippen LogP) is 4.56. The van der Waals surface area contributed by atoms with Gasteiger partial charge in [0.05, 0.1) is 12.9 Å². The first kappa shape index (κ1) is 25.5. The molecule has 0 saturated carbocycles. The Morgan fingerprint density at radius 2 is 1.82 bits per heavy atom. The van der Waals surface area contributed by atoms with E-state index < -0.39 is 0 Å². The Balaban J connectivity index is 0.00000324. The molecule has 0 unspecified atom stereocenters. The van der Waals surface area contributed by atoms with Gasteiger partial charge in [-0.1, -0.05) is 48.5 Å². The molecule has 0 radical (unpaired) electrons. The van der Waals surface area contributed by atoms with Crippen LogP contribution in [0.3, 0.4) is 0 Å². The quantitative estimate of drug-likeness (QED) is 0.127. The van der Waals surface area contributed by atoms with Crippen molar-refractivity contribution in [1.82, 2.24) is 30.0 Å². The van der Waals surface area contributed by atoms with Crippen molar-refractivity contribution in [2.45, 2.75) is 33.0 Å². The van der Waals surface area contributed by atoms with E-state index in [1.807, 2.05) is 35.7 Å². The zero-order valence-electron chi connectivity index (χ0n) is 19.5. The summed E-state index contributed by atoms with van der Waals surface area (Å²) in [6.07, 6.45) is 10.4. The summed E-state index contributed by atoms with van der Waals surface area (Å²) in [4.78, 5) is 8.95. The van der Waals surface area contributed by atoms with Crippen LogP contribution in [0.25, 0.3) is 11.1 Å². The summed E-state index contributed by atoms with van der Waals surface area (Å²) in [5, 5.41) is 11.0. The molecule has 0 aliphatic carbocycles. The SMILES string of the molecule is CCNC(=NCc1ccccc1-c1ccc(Cn2ccnc2)cc1)NCCCn1cccn1.I. The van der Waals surface area contributed by atoms with Crippen LogP contribution in [0.15, 0.2) is 90.7 Å².